The van der Waals surface area contributed by atoms with E-state index in [2.05, 4.69) is 12.2 Å². The number of alkyl halides is 3. The van der Waals surface area contributed by atoms with E-state index in [0.29, 0.717) is 0 Å². The van der Waals surface area contributed by atoms with Gasteiger partial charge < -0.3 is 10.5 Å². The lowest BCUT2D eigenvalue weighted by atomic mass is 10.2. The summed E-state index contributed by atoms with van der Waals surface area (Å²) in [5.41, 5.74) is 5.34. The van der Waals surface area contributed by atoms with E-state index in [1.165, 1.54) is 12.1 Å². The summed E-state index contributed by atoms with van der Waals surface area (Å²) in [4.78, 5) is -0.0869. The fourth-order valence-corrected chi connectivity index (χ4v) is 1.41. The van der Waals surface area contributed by atoms with Crippen LogP contribution in [0.15, 0.2) is 18.2 Å². The first-order valence-electron chi connectivity index (χ1n) is 5.08. The molecule has 0 aliphatic heterocycles. The van der Waals surface area contributed by atoms with Crippen LogP contribution in [0.5, 0.6) is 5.75 Å². The van der Waals surface area contributed by atoms with Crippen molar-refractivity contribution in [3.63, 3.8) is 0 Å². The van der Waals surface area contributed by atoms with Crippen LogP contribution in [0.2, 0.25) is 0 Å². The Labute approximate surface area is 107 Å². The zero-order valence-corrected chi connectivity index (χ0v) is 10.1. The molecule has 0 radical (unpaired) electrons. The monoisotopic (exact) mass is 281 g/mol. The number of rotatable bonds is 5. The zero-order chi connectivity index (χ0) is 13.8. The van der Waals surface area contributed by atoms with E-state index >= 15 is 0 Å². The van der Waals surface area contributed by atoms with Crippen LogP contribution in [0.3, 0.4) is 0 Å². The van der Waals surface area contributed by atoms with Crippen molar-refractivity contribution in [3.05, 3.63) is 29.6 Å². The Morgan fingerprint density at radius 1 is 1.33 bits per heavy atom. The summed E-state index contributed by atoms with van der Waals surface area (Å²) in [6.45, 7) is -0.134. The van der Waals surface area contributed by atoms with Gasteiger partial charge in [0.2, 0.25) is 0 Å². The molecule has 1 aromatic rings. The van der Waals surface area contributed by atoms with Gasteiger partial charge in [-0.2, -0.15) is 13.2 Å². The van der Waals surface area contributed by atoms with Gasteiger partial charge in [-0.15, -0.1) is 0 Å². The van der Waals surface area contributed by atoms with E-state index in [1.807, 2.05) is 0 Å². The van der Waals surface area contributed by atoms with Crippen molar-refractivity contribution in [2.75, 3.05) is 6.61 Å². The van der Waals surface area contributed by atoms with Crippen LogP contribution in [0.1, 0.15) is 18.4 Å². The first-order chi connectivity index (χ1) is 8.29. The molecule has 100 valence electrons. The molecule has 7 heteroatoms. The third-order valence-corrected chi connectivity index (χ3v) is 2.30. The van der Waals surface area contributed by atoms with Gasteiger partial charge in [-0.25, -0.2) is 4.39 Å². The number of nitrogens with two attached hydrogens (primary N) is 1. The molecule has 0 saturated carbocycles. The molecule has 0 atom stereocenters. The summed E-state index contributed by atoms with van der Waals surface area (Å²) < 4.78 is 53.9. The molecule has 0 saturated heterocycles. The molecule has 1 aromatic carbocycles. The van der Waals surface area contributed by atoms with Crippen molar-refractivity contribution >= 4 is 17.2 Å². The van der Waals surface area contributed by atoms with Crippen LogP contribution in [0.25, 0.3) is 0 Å². The quantitative estimate of drug-likeness (QED) is 0.511. The lowest BCUT2D eigenvalue weighted by molar-refractivity contribution is -0.136. The van der Waals surface area contributed by atoms with Crippen molar-refractivity contribution in [2.45, 2.75) is 19.0 Å². The normalized spacial score (nSPS) is 11.3. The van der Waals surface area contributed by atoms with Gasteiger partial charge >= 0.3 is 6.18 Å². The number of thiocarbonyl (C=S) groups is 1. The smallest absolute Gasteiger partial charge is 0.389 e. The van der Waals surface area contributed by atoms with Crippen LogP contribution in [0, 0.1) is 5.82 Å². The van der Waals surface area contributed by atoms with E-state index in [-0.39, 0.29) is 29.3 Å². The molecule has 0 aliphatic rings. The molecule has 0 aromatic heterocycles. The molecule has 0 heterocycles. The minimum atomic E-state index is -4.20. The summed E-state index contributed by atoms with van der Waals surface area (Å²) in [7, 11) is 0. The second-order valence-electron chi connectivity index (χ2n) is 3.57. The second kappa shape index (κ2) is 5.99. The lowest BCUT2D eigenvalue weighted by Gasteiger charge is -2.09. The third-order valence-electron chi connectivity index (χ3n) is 2.08. The van der Waals surface area contributed by atoms with E-state index < -0.39 is 18.4 Å². The van der Waals surface area contributed by atoms with Crippen molar-refractivity contribution in [2.24, 2.45) is 5.73 Å². The fraction of sp³-hybridized carbons (Fsp3) is 0.364. The Hall–Kier alpha value is -1.37. The number of hydrogen-bond acceptors (Lipinski definition) is 2. The standard InChI is InChI=1S/C11H11F4NOS/c12-9-6-7(2-3-8(9)10(16)18)17-5-1-4-11(13,14)15/h2-3,6H,1,4-5H2,(H2,16,18). The van der Waals surface area contributed by atoms with Gasteiger partial charge in [0.25, 0.3) is 0 Å². The van der Waals surface area contributed by atoms with Gasteiger partial charge in [0.05, 0.1) is 6.61 Å². The predicted molar refractivity (Wildman–Crippen MR) is 63.1 cm³/mol. The van der Waals surface area contributed by atoms with Gasteiger partial charge in [0, 0.05) is 18.1 Å². The van der Waals surface area contributed by atoms with Crippen LogP contribution < -0.4 is 10.5 Å². The van der Waals surface area contributed by atoms with Crippen LogP contribution >= 0.6 is 12.2 Å². The fourth-order valence-electron chi connectivity index (χ4n) is 1.25. The molecule has 2 N–H and O–H groups in total. The van der Waals surface area contributed by atoms with E-state index in [0.717, 1.165) is 6.07 Å². The largest absolute Gasteiger partial charge is 0.493 e. The average Bonchev–Trinajstić information content (AvgIpc) is 2.22. The summed E-state index contributed by atoms with van der Waals surface area (Å²) in [5, 5.41) is 0. The molecule has 1 rings (SSSR count). The molecule has 0 amide bonds. The van der Waals surface area contributed by atoms with Crippen LogP contribution in [-0.2, 0) is 0 Å². The topological polar surface area (TPSA) is 35.2 Å². The SMILES string of the molecule is NC(=S)c1ccc(OCCCC(F)(F)F)cc1F. The first kappa shape index (κ1) is 14.7. The average molecular weight is 281 g/mol. The van der Waals surface area contributed by atoms with Crippen LogP contribution in [-0.4, -0.2) is 17.8 Å². The molecule has 0 unspecified atom stereocenters. The van der Waals surface area contributed by atoms with E-state index in [4.69, 9.17) is 10.5 Å². The summed E-state index contributed by atoms with van der Waals surface area (Å²) in [6.07, 6.45) is -5.31. The molecular formula is C11H11F4NOS. The molecule has 2 nitrogen and oxygen atoms in total. The highest BCUT2D eigenvalue weighted by molar-refractivity contribution is 7.80. The Bertz CT molecular complexity index is 434. The number of ether oxygens (including phenoxy) is 1. The highest BCUT2D eigenvalue weighted by atomic mass is 32.1. The summed E-state index contributed by atoms with van der Waals surface area (Å²) in [6, 6.07) is 3.78. The maximum Gasteiger partial charge on any atom is 0.389 e. The van der Waals surface area contributed by atoms with Gasteiger partial charge in [-0.1, -0.05) is 12.2 Å². The minimum absolute atomic E-state index is 0.0765. The number of halogens is 4. The zero-order valence-electron chi connectivity index (χ0n) is 9.26. The molecular weight excluding hydrogens is 270 g/mol. The number of hydrogen-bond donors (Lipinski definition) is 1. The van der Waals surface area contributed by atoms with Crippen molar-refractivity contribution in [1.82, 2.24) is 0 Å². The highest BCUT2D eigenvalue weighted by Gasteiger charge is 2.26. The predicted octanol–water partition coefficient (Wildman–Crippen LogP) is 3.18. The Morgan fingerprint density at radius 3 is 2.50 bits per heavy atom. The minimum Gasteiger partial charge on any atom is -0.493 e. The van der Waals surface area contributed by atoms with Crippen molar-refractivity contribution < 1.29 is 22.3 Å². The van der Waals surface area contributed by atoms with E-state index in [9.17, 15) is 17.6 Å². The maximum absolute atomic E-state index is 13.4. The van der Waals surface area contributed by atoms with Gasteiger partial charge in [-0.05, 0) is 18.6 Å². The first-order valence-corrected chi connectivity index (χ1v) is 5.49. The van der Waals surface area contributed by atoms with Crippen molar-refractivity contribution in [1.29, 1.82) is 0 Å². The van der Waals surface area contributed by atoms with Crippen molar-refractivity contribution in [3.8, 4) is 5.75 Å². The highest BCUT2D eigenvalue weighted by Crippen LogP contribution is 2.22. The maximum atomic E-state index is 13.4. The summed E-state index contributed by atoms with van der Waals surface area (Å²) in [5.74, 6) is -0.509. The molecule has 0 bridgehead atoms. The Balaban J connectivity index is 2.49. The molecule has 0 fully saturated rings. The van der Waals surface area contributed by atoms with Gasteiger partial charge in [0.1, 0.15) is 16.6 Å². The molecule has 0 spiro atoms. The van der Waals surface area contributed by atoms with Gasteiger partial charge in [0.15, 0.2) is 0 Å². The second-order valence-corrected chi connectivity index (χ2v) is 4.01. The Kier molecular flexibility index (Phi) is 4.89. The summed E-state index contributed by atoms with van der Waals surface area (Å²) >= 11 is 4.61. The molecule has 0 aliphatic carbocycles. The molecule has 18 heavy (non-hydrogen) atoms. The Morgan fingerprint density at radius 2 is 2.00 bits per heavy atom. The van der Waals surface area contributed by atoms with Gasteiger partial charge in [-0.3, -0.25) is 0 Å². The van der Waals surface area contributed by atoms with Crippen LogP contribution in [0.4, 0.5) is 17.6 Å². The number of benzene rings is 1. The van der Waals surface area contributed by atoms with E-state index in [1.54, 1.807) is 0 Å². The lowest BCUT2D eigenvalue weighted by Crippen LogP contribution is -2.12. The third kappa shape index (κ3) is 4.87.